The molecule has 0 saturated carbocycles. The highest BCUT2D eigenvalue weighted by Crippen LogP contribution is 2.01. The van der Waals surface area contributed by atoms with E-state index >= 15 is 0 Å². The molecule has 0 saturated heterocycles. The van der Waals surface area contributed by atoms with Crippen LogP contribution in [0.15, 0.2) is 0 Å². The van der Waals surface area contributed by atoms with Gasteiger partial charge < -0.3 is 30.3 Å². The summed E-state index contributed by atoms with van der Waals surface area (Å²) < 4.78 is 0. The van der Waals surface area contributed by atoms with E-state index in [1.807, 2.05) is 0 Å². The maximum atomic E-state index is 10.9. The molecule has 0 aromatic carbocycles. The molecule has 0 unspecified atom stereocenters. The van der Waals surface area contributed by atoms with Gasteiger partial charge in [-0.1, -0.05) is 13.8 Å². The predicted octanol–water partition coefficient (Wildman–Crippen LogP) is 1.12. The largest absolute Gasteiger partial charge is 0.481 e. The van der Waals surface area contributed by atoms with Gasteiger partial charge >= 0.3 is 5.97 Å². The first-order chi connectivity index (χ1) is 12.6. The number of rotatable bonds is 19. The topological polar surface area (TPSA) is 90.1 Å². The van der Waals surface area contributed by atoms with Crippen molar-refractivity contribution in [3.63, 3.8) is 0 Å². The molecule has 0 aliphatic carbocycles. The van der Waals surface area contributed by atoms with Gasteiger partial charge in [-0.25, -0.2) is 0 Å². The second kappa shape index (κ2) is 17.4. The van der Waals surface area contributed by atoms with Crippen LogP contribution in [0.3, 0.4) is 0 Å². The number of hydrogen-bond acceptors (Lipinski definition) is 6. The van der Waals surface area contributed by atoms with E-state index in [4.69, 9.17) is 10.8 Å². The van der Waals surface area contributed by atoms with Crippen LogP contribution in [0.4, 0.5) is 0 Å². The van der Waals surface area contributed by atoms with Gasteiger partial charge in [0.2, 0.25) is 0 Å². The molecular weight excluding hydrogens is 332 g/mol. The molecule has 7 nitrogen and oxygen atoms in total. The monoisotopic (exact) mass is 372 g/mol. The van der Waals surface area contributed by atoms with Gasteiger partial charge in [0, 0.05) is 32.6 Å². The minimum atomic E-state index is -0.746. The van der Waals surface area contributed by atoms with Crippen molar-refractivity contribution in [2.24, 2.45) is 5.73 Å². The summed E-state index contributed by atoms with van der Waals surface area (Å²) in [7, 11) is 0. The number of carbonyl (C=O) groups excluding carboxylic acids is 1. The molecule has 0 amide bonds. The van der Waals surface area contributed by atoms with Gasteiger partial charge in [-0.2, -0.15) is 0 Å². The fraction of sp³-hybridized carbons (Fsp3) is 0.895. The van der Waals surface area contributed by atoms with Gasteiger partial charge in [0.15, 0.2) is 0 Å². The van der Waals surface area contributed by atoms with Crippen LogP contribution in [0.25, 0.3) is 0 Å². The molecule has 0 fully saturated rings. The van der Waals surface area contributed by atoms with Crippen LogP contribution in [-0.4, -0.2) is 97.5 Å². The second-order valence-corrected chi connectivity index (χ2v) is 6.71. The van der Waals surface area contributed by atoms with Crippen molar-refractivity contribution in [2.45, 2.75) is 46.0 Å². The molecule has 0 aromatic rings. The number of carboxylic acids is 1. The molecule has 0 radical (unpaired) electrons. The fourth-order valence-corrected chi connectivity index (χ4v) is 3.02. The average Bonchev–Trinajstić information content (AvgIpc) is 2.63. The Kier molecular flexibility index (Phi) is 16.7. The minimum Gasteiger partial charge on any atom is -0.481 e. The zero-order chi connectivity index (χ0) is 19.6. The molecule has 7 heteroatoms. The van der Waals surface area contributed by atoms with Crippen molar-refractivity contribution in [2.75, 3.05) is 65.4 Å². The highest BCUT2D eigenvalue weighted by Gasteiger charge is 2.11. The molecule has 0 bridgehead atoms. The zero-order valence-electron chi connectivity index (χ0n) is 16.9. The number of aldehydes is 1. The van der Waals surface area contributed by atoms with Crippen molar-refractivity contribution < 1.29 is 14.7 Å². The summed E-state index contributed by atoms with van der Waals surface area (Å²) in [6, 6.07) is 0. The molecule has 0 aliphatic rings. The summed E-state index contributed by atoms with van der Waals surface area (Å²) in [6.45, 7) is 13.1. The Bertz CT molecular complexity index is 356. The maximum absolute atomic E-state index is 10.9. The average molecular weight is 373 g/mol. The maximum Gasteiger partial charge on any atom is 0.304 e. The van der Waals surface area contributed by atoms with Crippen molar-refractivity contribution in [3.05, 3.63) is 0 Å². The predicted molar refractivity (Wildman–Crippen MR) is 107 cm³/mol. The van der Waals surface area contributed by atoms with E-state index in [1.54, 1.807) is 0 Å². The van der Waals surface area contributed by atoms with Gasteiger partial charge in [0.25, 0.3) is 0 Å². The number of carboxylic acid groups (broad SMARTS) is 1. The van der Waals surface area contributed by atoms with Gasteiger partial charge in [0.1, 0.15) is 6.29 Å². The molecule has 0 rings (SSSR count). The van der Waals surface area contributed by atoms with Gasteiger partial charge in [-0.15, -0.1) is 0 Å². The van der Waals surface area contributed by atoms with Gasteiger partial charge in [0.05, 0.1) is 6.42 Å². The van der Waals surface area contributed by atoms with Gasteiger partial charge in [-0.3, -0.25) is 4.79 Å². The highest BCUT2D eigenvalue weighted by atomic mass is 16.4. The van der Waals surface area contributed by atoms with Crippen molar-refractivity contribution in [3.8, 4) is 0 Å². The van der Waals surface area contributed by atoms with Crippen molar-refractivity contribution in [1.29, 1.82) is 0 Å². The molecule has 0 aliphatic heterocycles. The first kappa shape index (κ1) is 25.0. The third-order valence-electron chi connectivity index (χ3n) is 4.55. The Morgan fingerprint density at radius 3 is 2.04 bits per heavy atom. The van der Waals surface area contributed by atoms with E-state index in [2.05, 4.69) is 28.5 Å². The number of hydrogen-bond donors (Lipinski definition) is 2. The summed E-state index contributed by atoms with van der Waals surface area (Å²) in [4.78, 5) is 28.4. The van der Waals surface area contributed by atoms with E-state index in [-0.39, 0.29) is 6.42 Å². The minimum absolute atomic E-state index is 0.180. The Balaban J connectivity index is 4.39. The number of aliphatic carboxylic acids is 1. The molecule has 0 aromatic heterocycles. The standard InChI is InChI=1S/C19H40N4O3/c1-3-10-22(11-5-9-20)16-17-23(15-8-19(25)26)13-6-12-21(4-2)14-7-18-24/h18H,3-17,20H2,1-2H3,(H,25,26). The van der Waals surface area contributed by atoms with Crippen LogP contribution >= 0.6 is 0 Å². The quantitative estimate of drug-likeness (QED) is 0.328. The summed E-state index contributed by atoms with van der Waals surface area (Å²) >= 11 is 0. The van der Waals surface area contributed by atoms with Crippen molar-refractivity contribution in [1.82, 2.24) is 14.7 Å². The Labute approximate surface area is 159 Å². The van der Waals surface area contributed by atoms with Crippen LogP contribution in [0, 0.1) is 0 Å². The normalized spacial score (nSPS) is 11.6. The third kappa shape index (κ3) is 14.2. The van der Waals surface area contributed by atoms with Crippen LogP contribution in [-0.2, 0) is 9.59 Å². The molecule has 0 atom stereocenters. The lowest BCUT2D eigenvalue weighted by Gasteiger charge is -2.28. The molecule has 3 N–H and O–H groups in total. The zero-order valence-corrected chi connectivity index (χ0v) is 16.9. The Morgan fingerprint density at radius 1 is 0.885 bits per heavy atom. The highest BCUT2D eigenvalue weighted by molar-refractivity contribution is 5.66. The molecule has 0 heterocycles. The lowest BCUT2D eigenvalue weighted by atomic mass is 10.2. The third-order valence-corrected chi connectivity index (χ3v) is 4.55. The molecule has 154 valence electrons. The number of nitrogens with two attached hydrogens (primary N) is 1. The lowest BCUT2D eigenvalue weighted by Crippen LogP contribution is -2.39. The molecular formula is C19H40N4O3. The van der Waals surface area contributed by atoms with E-state index in [1.165, 1.54) is 0 Å². The smallest absolute Gasteiger partial charge is 0.304 e. The summed E-state index contributed by atoms with van der Waals surface area (Å²) in [5, 5.41) is 9.00. The van der Waals surface area contributed by atoms with Crippen LogP contribution in [0.5, 0.6) is 0 Å². The molecule has 0 spiro atoms. The SMILES string of the molecule is CCCN(CCCN)CCN(CCCN(CC)CCC=O)CCC(=O)O. The van der Waals surface area contributed by atoms with E-state index in [0.717, 1.165) is 77.9 Å². The Morgan fingerprint density at radius 2 is 1.50 bits per heavy atom. The van der Waals surface area contributed by atoms with Crippen LogP contribution in [0.2, 0.25) is 0 Å². The first-order valence-electron chi connectivity index (χ1n) is 10.1. The van der Waals surface area contributed by atoms with E-state index in [9.17, 15) is 9.59 Å². The second-order valence-electron chi connectivity index (χ2n) is 6.71. The van der Waals surface area contributed by atoms with E-state index in [0.29, 0.717) is 19.5 Å². The lowest BCUT2D eigenvalue weighted by molar-refractivity contribution is -0.137. The summed E-state index contributed by atoms with van der Waals surface area (Å²) in [6.07, 6.45) is 4.82. The van der Waals surface area contributed by atoms with Gasteiger partial charge in [-0.05, 0) is 58.5 Å². The fourth-order valence-electron chi connectivity index (χ4n) is 3.02. The van der Waals surface area contributed by atoms with Crippen molar-refractivity contribution >= 4 is 12.3 Å². The number of nitrogens with zero attached hydrogens (tertiary/aromatic N) is 3. The van der Waals surface area contributed by atoms with Crippen LogP contribution in [0.1, 0.15) is 46.0 Å². The van der Waals surface area contributed by atoms with Crippen LogP contribution < -0.4 is 5.73 Å². The number of carbonyl (C=O) groups is 2. The molecule has 26 heavy (non-hydrogen) atoms. The van der Waals surface area contributed by atoms with E-state index < -0.39 is 5.97 Å². The summed E-state index contributed by atoms with van der Waals surface area (Å²) in [5.41, 5.74) is 5.62. The summed E-state index contributed by atoms with van der Waals surface area (Å²) in [5.74, 6) is -0.746. The Hall–Kier alpha value is -1.02. The first-order valence-corrected chi connectivity index (χ1v) is 10.1.